The number of hydrogen-bond acceptors (Lipinski definition) is 0. The topological polar surface area (TPSA) is 4.93 Å². The summed E-state index contributed by atoms with van der Waals surface area (Å²) in [5, 5.41) is 2.71. The lowest BCUT2D eigenvalue weighted by atomic mass is 9.76. The maximum absolute atomic E-state index is 2.32. The third-order valence-corrected chi connectivity index (χ3v) is 5.11. The first-order chi connectivity index (χ1) is 11.1. The molecular formula is C22H21N. The zero-order chi connectivity index (χ0) is 16.0. The van der Waals surface area contributed by atoms with Gasteiger partial charge in [-0.1, -0.05) is 74.5 Å². The Morgan fingerprint density at radius 1 is 0.696 bits per heavy atom. The summed E-state index contributed by atoms with van der Waals surface area (Å²) in [6, 6.07) is 26.2. The van der Waals surface area contributed by atoms with Crippen LogP contribution in [0.5, 0.6) is 0 Å². The van der Waals surface area contributed by atoms with Gasteiger partial charge in [0, 0.05) is 34.3 Å². The minimum Gasteiger partial charge on any atom is -0.344 e. The Labute approximate surface area is 137 Å². The highest BCUT2D eigenvalue weighted by molar-refractivity contribution is 6.10. The quantitative estimate of drug-likeness (QED) is 0.450. The fraction of sp³-hybridized carbons (Fsp3) is 0.182. The summed E-state index contributed by atoms with van der Waals surface area (Å²) in [6.45, 7) is 4.64. The van der Waals surface area contributed by atoms with Crippen molar-refractivity contribution >= 4 is 21.8 Å². The van der Waals surface area contributed by atoms with Gasteiger partial charge in [-0.25, -0.2) is 0 Å². The predicted octanol–water partition coefficient (Wildman–Crippen LogP) is 5.66. The number of fused-ring (bicyclic) bond motifs is 3. The minimum absolute atomic E-state index is 0.0368. The van der Waals surface area contributed by atoms with Gasteiger partial charge in [-0.15, -0.1) is 0 Å². The van der Waals surface area contributed by atoms with Crippen LogP contribution in [0.4, 0.5) is 0 Å². The summed E-state index contributed by atoms with van der Waals surface area (Å²) in [5.74, 6) is 0. The van der Waals surface area contributed by atoms with E-state index in [0.29, 0.717) is 0 Å². The lowest BCUT2D eigenvalue weighted by Gasteiger charge is -2.27. The van der Waals surface area contributed by atoms with Crippen LogP contribution >= 0.6 is 0 Å². The Bertz CT molecular complexity index is 991. The van der Waals surface area contributed by atoms with Crippen LogP contribution in [0, 0.1) is 0 Å². The maximum Gasteiger partial charge on any atom is 0.0491 e. The standard InChI is InChI=1S/C22H21N/c1-22(2,16-10-5-4-6-11-16)18-13-9-15-20-21(18)17-12-7-8-14-19(17)23(20)3/h4-15H,1-3H3. The number of nitrogens with zero attached hydrogens (tertiary/aromatic N) is 1. The molecule has 4 rings (SSSR count). The van der Waals surface area contributed by atoms with Gasteiger partial charge in [0.2, 0.25) is 0 Å². The largest absolute Gasteiger partial charge is 0.344 e. The molecule has 1 heteroatoms. The molecule has 1 heterocycles. The highest BCUT2D eigenvalue weighted by atomic mass is 14.9. The molecule has 0 unspecified atom stereocenters. The molecule has 0 aliphatic rings. The molecule has 3 aromatic carbocycles. The van der Waals surface area contributed by atoms with E-state index in [4.69, 9.17) is 0 Å². The molecule has 0 spiro atoms. The smallest absolute Gasteiger partial charge is 0.0491 e. The van der Waals surface area contributed by atoms with Crippen LogP contribution in [0.1, 0.15) is 25.0 Å². The summed E-state index contributed by atoms with van der Waals surface area (Å²) in [5.41, 5.74) is 5.29. The molecule has 1 nitrogen and oxygen atoms in total. The van der Waals surface area contributed by atoms with Gasteiger partial charge in [0.1, 0.15) is 0 Å². The molecule has 0 radical (unpaired) electrons. The fourth-order valence-electron chi connectivity index (χ4n) is 3.74. The number of hydrogen-bond donors (Lipinski definition) is 0. The SMILES string of the molecule is Cn1c2ccccc2c2c(C(C)(C)c3ccccc3)cccc21. The van der Waals surface area contributed by atoms with Crippen molar-refractivity contribution < 1.29 is 0 Å². The third kappa shape index (κ3) is 2.00. The van der Waals surface area contributed by atoms with Crippen molar-refractivity contribution in [3.05, 3.63) is 83.9 Å². The van der Waals surface area contributed by atoms with Crippen LogP contribution in [0.2, 0.25) is 0 Å². The first-order valence-corrected chi connectivity index (χ1v) is 8.13. The first kappa shape index (κ1) is 14.1. The Hall–Kier alpha value is -2.54. The maximum atomic E-state index is 2.32. The van der Waals surface area contributed by atoms with E-state index < -0.39 is 0 Å². The second-order valence-electron chi connectivity index (χ2n) is 6.77. The summed E-state index contributed by atoms with van der Waals surface area (Å²) in [7, 11) is 2.16. The van der Waals surface area contributed by atoms with Crippen LogP contribution in [0.25, 0.3) is 21.8 Å². The lowest BCUT2D eigenvalue weighted by Crippen LogP contribution is -2.19. The number of benzene rings is 3. The van der Waals surface area contributed by atoms with Crippen molar-refractivity contribution in [3.63, 3.8) is 0 Å². The van der Waals surface area contributed by atoms with Crippen molar-refractivity contribution in [2.75, 3.05) is 0 Å². The molecule has 0 fully saturated rings. The summed E-state index contributed by atoms with van der Waals surface area (Å²) in [6.07, 6.45) is 0. The van der Waals surface area contributed by atoms with Gasteiger partial charge in [-0.2, -0.15) is 0 Å². The summed E-state index contributed by atoms with van der Waals surface area (Å²) in [4.78, 5) is 0. The fourth-order valence-corrected chi connectivity index (χ4v) is 3.74. The molecule has 4 aromatic rings. The molecule has 0 saturated heterocycles. The Morgan fingerprint density at radius 2 is 1.35 bits per heavy atom. The van der Waals surface area contributed by atoms with Crippen LogP contribution in [-0.2, 0) is 12.5 Å². The first-order valence-electron chi connectivity index (χ1n) is 8.13. The molecule has 0 amide bonds. The molecular weight excluding hydrogens is 278 g/mol. The Balaban J connectivity index is 2.11. The molecule has 0 aliphatic carbocycles. The van der Waals surface area contributed by atoms with Crippen molar-refractivity contribution in [2.45, 2.75) is 19.3 Å². The lowest BCUT2D eigenvalue weighted by molar-refractivity contribution is 0.647. The summed E-state index contributed by atoms with van der Waals surface area (Å²) < 4.78 is 2.30. The normalized spacial score (nSPS) is 12.1. The number of para-hydroxylation sites is 1. The van der Waals surface area contributed by atoms with Gasteiger partial charge >= 0.3 is 0 Å². The zero-order valence-corrected chi connectivity index (χ0v) is 13.9. The van der Waals surface area contributed by atoms with E-state index in [2.05, 4.69) is 98.3 Å². The Morgan fingerprint density at radius 3 is 2.13 bits per heavy atom. The molecule has 0 aliphatic heterocycles. The highest BCUT2D eigenvalue weighted by Crippen LogP contribution is 2.39. The molecule has 114 valence electrons. The van der Waals surface area contributed by atoms with E-state index in [-0.39, 0.29) is 5.41 Å². The molecule has 0 atom stereocenters. The van der Waals surface area contributed by atoms with Gasteiger partial charge < -0.3 is 4.57 Å². The third-order valence-electron chi connectivity index (χ3n) is 5.11. The predicted molar refractivity (Wildman–Crippen MR) is 99.0 cm³/mol. The van der Waals surface area contributed by atoms with Crippen molar-refractivity contribution in [3.8, 4) is 0 Å². The highest BCUT2D eigenvalue weighted by Gasteiger charge is 2.26. The second kappa shape index (κ2) is 4.99. The van der Waals surface area contributed by atoms with Gasteiger partial charge in [-0.05, 0) is 23.3 Å². The monoisotopic (exact) mass is 299 g/mol. The Kier molecular flexibility index (Phi) is 3.05. The average Bonchev–Trinajstić information content (AvgIpc) is 2.89. The van der Waals surface area contributed by atoms with E-state index in [1.165, 1.54) is 32.9 Å². The van der Waals surface area contributed by atoms with E-state index in [9.17, 15) is 0 Å². The zero-order valence-electron chi connectivity index (χ0n) is 13.9. The number of aromatic nitrogens is 1. The van der Waals surface area contributed by atoms with E-state index in [1.807, 2.05) is 0 Å². The van der Waals surface area contributed by atoms with Crippen LogP contribution in [0.15, 0.2) is 72.8 Å². The van der Waals surface area contributed by atoms with Gasteiger partial charge in [0.15, 0.2) is 0 Å². The molecule has 1 aromatic heterocycles. The minimum atomic E-state index is -0.0368. The van der Waals surface area contributed by atoms with Crippen molar-refractivity contribution in [1.29, 1.82) is 0 Å². The molecule has 23 heavy (non-hydrogen) atoms. The summed E-state index contributed by atoms with van der Waals surface area (Å²) >= 11 is 0. The van der Waals surface area contributed by atoms with Crippen LogP contribution < -0.4 is 0 Å². The van der Waals surface area contributed by atoms with Crippen molar-refractivity contribution in [1.82, 2.24) is 4.57 Å². The van der Waals surface area contributed by atoms with Gasteiger partial charge in [0.05, 0.1) is 0 Å². The molecule has 0 N–H and O–H groups in total. The van der Waals surface area contributed by atoms with Gasteiger partial charge in [-0.3, -0.25) is 0 Å². The van der Waals surface area contributed by atoms with E-state index in [1.54, 1.807) is 0 Å². The number of aryl methyl sites for hydroxylation is 1. The van der Waals surface area contributed by atoms with Crippen molar-refractivity contribution in [2.24, 2.45) is 7.05 Å². The average molecular weight is 299 g/mol. The van der Waals surface area contributed by atoms with Crippen LogP contribution in [0.3, 0.4) is 0 Å². The van der Waals surface area contributed by atoms with Gasteiger partial charge in [0.25, 0.3) is 0 Å². The van der Waals surface area contributed by atoms with E-state index >= 15 is 0 Å². The van der Waals surface area contributed by atoms with Crippen LogP contribution in [-0.4, -0.2) is 4.57 Å². The molecule has 0 bridgehead atoms. The second-order valence-corrected chi connectivity index (χ2v) is 6.77. The molecule has 0 saturated carbocycles. The number of rotatable bonds is 2. The van der Waals surface area contributed by atoms with E-state index in [0.717, 1.165) is 0 Å².